The van der Waals surface area contributed by atoms with Crippen molar-refractivity contribution in [2.45, 2.75) is 26.6 Å². The number of nitrogens with one attached hydrogen (secondary N) is 1. The zero-order chi connectivity index (χ0) is 18.2. The van der Waals surface area contributed by atoms with Crippen LogP contribution in [-0.2, 0) is 26.7 Å². The minimum Gasteiger partial charge on any atom is -0.357 e. The number of hydrogen-bond acceptors (Lipinski definition) is 2. The molecule has 0 aliphatic rings. The summed E-state index contributed by atoms with van der Waals surface area (Å²) in [5.41, 5.74) is 3.82. The molecule has 0 fully saturated rings. The van der Waals surface area contributed by atoms with Crippen LogP contribution < -0.4 is 5.32 Å². The second-order valence-corrected chi connectivity index (χ2v) is 6.69. The number of benzene rings is 1. The summed E-state index contributed by atoms with van der Waals surface area (Å²) in [6, 6.07) is 12.9. The molecule has 2 aromatic rings. The van der Waals surface area contributed by atoms with E-state index in [1.54, 1.807) is 0 Å². The number of nitrogens with zero attached hydrogens (tertiary/aromatic N) is 4. The molecule has 144 valence electrons. The predicted octanol–water partition coefficient (Wildman–Crippen LogP) is 3.30. The molecule has 0 bridgehead atoms. The van der Waals surface area contributed by atoms with Gasteiger partial charge in [-0.2, -0.15) is 0 Å². The third-order valence-corrected chi connectivity index (χ3v) is 4.08. The van der Waals surface area contributed by atoms with Crippen LogP contribution in [0.5, 0.6) is 0 Å². The highest BCUT2D eigenvalue weighted by Crippen LogP contribution is 2.08. The van der Waals surface area contributed by atoms with Crippen LogP contribution in [0.25, 0.3) is 0 Å². The molecule has 0 saturated carbocycles. The number of aliphatic imine (C=N–C) groups is 1. The molecule has 26 heavy (non-hydrogen) atoms. The van der Waals surface area contributed by atoms with Crippen LogP contribution in [0.4, 0.5) is 0 Å². The van der Waals surface area contributed by atoms with E-state index in [1.165, 1.54) is 16.8 Å². The van der Waals surface area contributed by atoms with Crippen LogP contribution in [0, 0.1) is 0 Å². The standard InChI is InChI=1S/C20H31N5.HI/c1-6-21-20(25(5)16-19-8-7-13-24(19)4)22-14-17-9-11-18(12-10-17)15-23(2)3;/h7-13H,6,14-16H2,1-5H3,(H,21,22);1H. The number of guanidine groups is 1. The molecular formula is C20H32IN5. The topological polar surface area (TPSA) is 35.8 Å². The third-order valence-electron chi connectivity index (χ3n) is 4.08. The summed E-state index contributed by atoms with van der Waals surface area (Å²) >= 11 is 0. The van der Waals surface area contributed by atoms with E-state index in [1.807, 2.05) is 0 Å². The van der Waals surface area contributed by atoms with E-state index in [9.17, 15) is 0 Å². The summed E-state index contributed by atoms with van der Waals surface area (Å²) in [5, 5.41) is 3.38. The van der Waals surface area contributed by atoms with E-state index >= 15 is 0 Å². The molecule has 1 aromatic heterocycles. The summed E-state index contributed by atoms with van der Waals surface area (Å²) < 4.78 is 2.14. The maximum atomic E-state index is 4.80. The number of aromatic nitrogens is 1. The molecule has 0 radical (unpaired) electrons. The van der Waals surface area contributed by atoms with Crippen molar-refractivity contribution in [3.8, 4) is 0 Å². The Kier molecular flexibility index (Phi) is 9.72. The fourth-order valence-electron chi connectivity index (χ4n) is 2.73. The van der Waals surface area contributed by atoms with E-state index < -0.39 is 0 Å². The molecule has 1 heterocycles. The fourth-order valence-corrected chi connectivity index (χ4v) is 2.73. The average Bonchev–Trinajstić information content (AvgIpc) is 2.97. The molecule has 1 N–H and O–H groups in total. The molecule has 2 rings (SSSR count). The minimum absolute atomic E-state index is 0. The lowest BCUT2D eigenvalue weighted by molar-refractivity contribution is 0.402. The van der Waals surface area contributed by atoms with Crippen LogP contribution in [0.3, 0.4) is 0 Å². The van der Waals surface area contributed by atoms with Crippen molar-refractivity contribution in [2.24, 2.45) is 12.0 Å². The Morgan fingerprint density at radius 1 is 1.04 bits per heavy atom. The molecule has 0 saturated heterocycles. The molecular weight excluding hydrogens is 437 g/mol. The van der Waals surface area contributed by atoms with Gasteiger partial charge in [-0.15, -0.1) is 24.0 Å². The second-order valence-electron chi connectivity index (χ2n) is 6.69. The first-order valence-corrected chi connectivity index (χ1v) is 8.81. The molecule has 5 nitrogen and oxygen atoms in total. The maximum Gasteiger partial charge on any atom is 0.194 e. The lowest BCUT2D eigenvalue weighted by Crippen LogP contribution is -2.38. The van der Waals surface area contributed by atoms with Gasteiger partial charge in [0.1, 0.15) is 0 Å². The second kappa shape index (κ2) is 11.2. The molecule has 6 heteroatoms. The van der Waals surface area contributed by atoms with Crippen LogP contribution in [0.2, 0.25) is 0 Å². The van der Waals surface area contributed by atoms with Crippen LogP contribution >= 0.6 is 24.0 Å². The Morgan fingerprint density at radius 2 is 1.69 bits per heavy atom. The van der Waals surface area contributed by atoms with Crippen LogP contribution in [0.1, 0.15) is 23.7 Å². The number of rotatable bonds is 7. The molecule has 0 aliphatic heterocycles. The Labute approximate surface area is 175 Å². The van der Waals surface area contributed by atoms with Gasteiger partial charge in [0.05, 0.1) is 13.1 Å². The number of hydrogen-bond donors (Lipinski definition) is 1. The SMILES string of the molecule is CCNC(=NCc1ccc(CN(C)C)cc1)N(C)Cc1cccn1C.I. The minimum atomic E-state index is 0. The van der Waals surface area contributed by atoms with Crippen molar-refractivity contribution in [1.29, 1.82) is 0 Å². The van der Waals surface area contributed by atoms with Crippen molar-refractivity contribution in [2.75, 3.05) is 27.7 Å². The van der Waals surface area contributed by atoms with E-state index in [2.05, 4.69) is 97.4 Å². The zero-order valence-corrected chi connectivity index (χ0v) is 18.9. The Hall–Kier alpha value is -1.54. The lowest BCUT2D eigenvalue weighted by atomic mass is 10.1. The van der Waals surface area contributed by atoms with Gasteiger partial charge in [0.15, 0.2) is 5.96 Å². The molecule has 1 aromatic carbocycles. The van der Waals surface area contributed by atoms with Gasteiger partial charge in [0, 0.05) is 39.1 Å². The number of aryl methyl sites for hydroxylation is 1. The van der Waals surface area contributed by atoms with E-state index in [0.29, 0.717) is 6.54 Å². The maximum absolute atomic E-state index is 4.80. The Bertz CT molecular complexity index is 676. The molecule has 0 aliphatic carbocycles. The fraction of sp³-hybridized carbons (Fsp3) is 0.450. The molecule has 0 spiro atoms. The first kappa shape index (κ1) is 22.5. The quantitative estimate of drug-likeness (QED) is 0.384. The van der Waals surface area contributed by atoms with Crippen molar-refractivity contribution >= 4 is 29.9 Å². The summed E-state index contributed by atoms with van der Waals surface area (Å²) in [4.78, 5) is 9.14. The largest absolute Gasteiger partial charge is 0.357 e. The van der Waals surface area contributed by atoms with E-state index in [-0.39, 0.29) is 24.0 Å². The Morgan fingerprint density at radius 3 is 2.23 bits per heavy atom. The smallest absolute Gasteiger partial charge is 0.194 e. The molecule has 0 unspecified atom stereocenters. The normalized spacial score (nSPS) is 11.4. The van der Waals surface area contributed by atoms with Crippen molar-refractivity contribution in [3.63, 3.8) is 0 Å². The van der Waals surface area contributed by atoms with Crippen LogP contribution in [0.15, 0.2) is 47.6 Å². The van der Waals surface area contributed by atoms with Crippen molar-refractivity contribution in [1.82, 2.24) is 19.7 Å². The van der Waals surface area contributed by atoms with Gasteiger partial charge in [-0.25, -0.2) is 4.99 Å². The molecule has 0 atom stereocenters. The highest BCUT2D eigenvalue weighted by Gasteiger charge is 2.08. The van der Waals surface area contributed by atoms with Gasteiger partial charge in [0.25, 0.3) is 0 Å². The van der Waals surface area contributed by atoms with Crippen molar-refractivity contribution in [3.05, 3.63) is 59.4 Å². The van der Waals surface area contributed by atoms with Gasteiger partial charge in [0.2, 0.25) is 0 Å². The highest BCUT2D eigenvalue weighted by molar-refractivity contribution is 14.0. The first-order valence-electron chi connectivity index (χ1n) is 8.81. The number of halogens is 1. The molecule has 0 amide bonds. The first-order chi connectivity index (χ1) is 12.0. The predicted molar refractivity (Wildman–Crippen MR) is 121 cm³/mol. The van der Waals surface area contributed by atoms with Gasteiger partial charge in [-0.3, -0.25) is 0 Å². The van der Waals surface area contributed by atoms with Gasteiger partial charge >= 0.3 is 0 Å². The monoisotopic (exact) mass is 469 g/mol. The zero-order valence-electron chi connectivity index (χ0n) is 16.6. The highest BCUT2D eigenvalue weighted by atomic mass is 127. The van der Waals surface area contributed by atoms with E-state index in [4.69, 9.17) is 4.99 Å². The van der Waals surface area contributed by atoms with Crippen LogP contribution in [-0.4, -0.2) is 48.0 Å². The van der Waals surface area contributed by atoms with Gasteiger partial charge in [-0.05, 0) is 44.3 Å². The summed E-state index contributed by atoms with van der Waals surface area (Å²) in [6.07, 6.45) is 2.07. The Balaban J connectivity index is 0.00000338. The summed E-state index contributed by atoms with van der Waals surface area (Å²) in [6.45, 7) is 5.44. The van der Waals surface area contributed by atoms with Gasteiger partial charge < -0.3 is 19.7 Å². The van der Waals surface area contributed by atoms with Gasteiger partial charge in [-0.1, -0.05) is 24.3 Å². The van der Waals surface area contributed by atoms with E-state index in [0.717, 1.165) is 25.6 Å². The lowest BCUT2D eigenvalue weighted by Gasteiger charge is -2.22. The summed E-state index contributed by atoms with van der Waals surface area (Å²) in [7, 11) is 8.32. The van der Waals surface area contributed by atoms with Crippen molar-refractivity contribution < 1.29 is 0 Å². The third kappa shape index (κ3) is 6.99. The summed E-state index contributed by atoms with van der Waals surface area (Å²) in [5.74, 6) is 0.932. The average molecular weight is 469 g/mol.